The third kappa shape index (κ3) is 6.76. The van der Waals surface area contributed by atoms with Gasteiger partial charge in [-0.25, -0.2) is 0 Å². The second kappa shape index (κ2) is 12.3. The third-order valence-electron chi connectivity index (χ3n) is 6.26. The van der Waals surface area contributed by atoms with E-state index in [1.54, 1.807) is 7.11 Å². The highest BCUT2D eigenvalue weighted by molar-refractivity contribution is 14.0. The van der Waals surface area contributed by atoms with Gasteiger partial charge in [-0.3, -0.25) is 4.99 Å². The van der Waals surface area contributed by atoms with Gasteiger partial charge in [0.05, 0.1) is 19.3 Å². The van der Waals surface area contributed by atoms with Gasteiger partial charge in [0, 0.05) is 49.5 Å². The molecule has 0 radical (unpaired) electrons. The molecular weight excluding hydrogens is 529 g/mol. The molecule has 0 aromatic heterocycles. The molecule has 2 heterocycles. The topological polar surface area (TPSA) is 61.4 Å². The van der Waals surface area contributed by atoms with Gasteiger partial charge in [-0.1, -0.05) is 11.6 Å². The summed E-state index contributed by atoms with van der Waals surface area (Å²) in [5.41, 5.74) is 1.11. The number of methoxy groups -OCH3 is 1. The van der Waals surface area contributed by atoms with Crippen LogP contribution in [0.25, 0.3) is 0 Å². The van der Waals surface area contributed by atoms with Crippen LogP contribution in [0, 0.1) is 0 Å². The van der Waals surface area contributed by atoms with E-state index in [0.717, 1.165) is 81.1 Å². The van der Waals surface area contributed by atoms with E-state index in [9.17, 15) is 0 Å². The maximum absolute atomic E-state index is 6.23. The molecule has 0 saturated carbocycles. The standard InChI is InChI=1S/C22H36ClN5O2.HI/c1-5-24-21(25-16-22(27(2)3)9-12-30-13-10-22)26-18-8-11-28(15-18)19-14-17(23)6-7-20(19)29-4;/h6-7,14,18H,5,8-13,15-16H2,1-4H3,(H2,24,25,26);1H. The van der Waals surface area contributed by atoms with Gasteiger partial charge < -0.3 is 29.9 Å². The number of hydrogen-bond donors (Lipinski definition) is 2. The Balaban J connectivity index is 0.00000341. The average molecular weight is 566 g/mol. The van der Waals surface area contributed by atoms with E-state index in [0.29, 0.717) is 6.04 Å². The summed E-state index contributed by atoms with van der Waals surface area (Å²) in [5.74, 6) is 1.74. The van der Waals surface area contributed by atoms with Gasteiger partial charge in [0.2, 0.25) is 0 Å². The Morgan fingerprint density at radius 1 is 1.35 bits per heavy atom. The lowest BCUT2D eigenvalue weighted by atomic mass is 9.89. The van der Waals surface area contributed by atoms with Gasteiger partial charge in [-0.05, 0) is 58.5 Å². The third-order valence-corrected chi connectivity index (χ3v) is 6.49. The van der Waals surface area contributed by atoms with Crippen LogP contribution in [-0.2, 0) is 4.74 Å². The minimum Gasteiger partial charge on any atom is -0.495 e. The first-order valence-electron chi connectivity index (χ1n) is 10.9. The number of likely N-dealkylation sites (N-methyl/N-ethyl adjacent to an activating group) is 1. The molecule has 1 aromatic carbocycles. The van der Waals surface area contributed by atoms with Crippen LogP contribution < -0.4 is 20.3 Å². The van der Waals surface area contributed by atoms with Crippen LogP contribution >= 0.6 is 35.6 Å². The minimum absolute atomic E-state index is 0. The van der Waals surface area contributed by atoms with Gasteiger partial charge in [0.25, 0.3) is 0 Å². The molecule has 9 heteroatoms. The summed E-state index contributed by atoms with van der Waals surface area (Å²) in [6.45, 7) is 7.14. The lowest BCUT2D eigenvalue weighted by molar-refractivity contribution is -0.00255. The zero-order valence-electron chi connectivity index (χ0n) is 19.1. The minimum atomic E-state index is 0. The largest absolute Gasteiger partial charge is 0.495 e. The molecule has 1 unspecified atom stereocenters. The number of nitrogens with zero attached hydrogens (tertiary/aromatic N) is 3. The van der Waals surface area contributed by atoms with Gasteiger partial charge in [-0.15, -0.1) is 24.0 Å². The smallest absolute Gasteiger partial charge is 0.191 e. The van der Waals surface area contributed by atoms with Crippen LogP contribution in [0.4, 0.5) is 5.69 Å². The van der Waals surface area contributed by atoms with Gasteiger partial charge >= 0.3 is 0 Å². The highest BCUT2D eigenvalue weighted by Gasteiger charge is 2.35. The van der Waals surface area contributed by atoms with Crippen molar-refractivity contribution in [2.45, 2.75) is 37.8 Å². The second-order valence-electron chi connectivity index (χ2n) is 8.32. The number of benzene rings is 1. The monoisotopic (exact) mass is 565 g/mol. The predicted molar refractivity (Wildman–Crippen MR) is 140 cm³/mol. The molecule has 0 aliphatic carbocycles. The number of hydrogen-bond acceptors (Lipinski definition) is 5. The van der Waals surface area contributed by atoms with Crippen molar-refractivity contribution in [2.24, 2.45) is 4.99 Å². The van der Waals surface area contributed by atoms with Gasteiger partial charge in [0.1, 0.15) is 5.75 Å². The molecule has 1 aromatic rings. The van der Waals surface area contributed by atoms with E-state index in [-0.39, 0.29) is 29.5 Å². The molecule has 7 nitrogen and oxygen atoms in total. The first-order valence-corrected chi connectivity index (χ1v) is 11.2. The predicted octanol–water partition coefficient (Wildman–Crippen LogP) is 3.21. The van der Waals surface area contributed by atoms with Crippen LogP contribution in [-0.4, -0.2) is 83.0 Å². The number of ether oxygens (including phenoxy) is 2. The van der Waals surface area contributed by atoms with Crippen LogP contribution in [0.3, 0.4) is 0 Å². The lowest BCUT2D eigenvalue weighted by Crippen LogP contribution is -2.52. The number of halogens is 2. The number of rotatable bonds is 7. The van der Waals surface area contributed by atoms with Crippen molar-refractivity contribution >= 4 is 47.2 Å². The van der Waals surface area contributed by atoms with Crippen molar-refractivity contribution < 1.29 is 9.47 Å². The molecular formula is C22H37ClIN5O2. The molecule has 31 heavy (non-hydrogen) atoms. The van der Waals surface area contributed by atoms with Crippen molar-refractivity contribution in [3.05, 3.63) is 23.2 Å². The highest BCUT2D eigenvalue weighted by Crippen LogP contribution is 2.33. The van der Waals surface area contributed by atoms with Crippen molar-refractivity contribution in [3.63, 3.8) is 0 Å². The van der Waals surface area contributed by atoms with Crippen LogP contribution in [0.1, 0.15) is 26.2 Å². The van der Waals surface area contributed by atoms with E-state index >= 15 is 0 Å². The van der Waals surface area contributed by atoms with Crippen molar-refractivity contribution in [1.29, 1.82) is 0 Å². The number of anilines is 1. The summed E-state index contributed by atoms with van der Waals surface area (Å²) >= 11 is 6.23. The molecule has 2 aliphatic heterocycles. The highest BCUT2D eigenvalue weighted by atomic mass is 127. The lowest BCUT2D eigenvalue weighted by Gasteiger charge is -2.41. The quantitative estimate of drug-likeness (QED) is 0.301. The van der Waals surface area contributed by atoms with Crippen LogP contribution in [0.15, 0.2) is 23.2 Å². The number of guanidine groups is 1. The SMILES string of the molecule is CCNC(=NCC1(N(C)C)CCOCC1)NC1CCN(c2cc(Cl)ccc2OC)C1.I. The normalized spacial score (nSPS) is 21.0. The van der Waals surface area contributed by atoms with Crippen molar-refractivity contribution in [1.82, 2.24) is 15.5 Å². The second-order valence-corrected chi connectivity index (χ2v) is 8.75. The van der Waals surface area contributed by atoms with E-state index in [4.69, 9.17) is 26.1 Å². The fourth-order valence-electron chi connectivity index (χ4n) is 4.24. The molecule has 1 atom stereocenters. The summed E-state index contributed by atoms with van der Waals surface area (Å²) in [5, 5.41) is 7.78. The molecule has 2 fully saturated rings. The summed E-state index contributed by atoms with van der Waals surface area (Å²) in [6.07, 6.45) is 3.05. The molecule has 0 spiro atoms. The molecule has 2 aliphatic rings. The van der Waals surface area contributed by atoms with Gasteiger partial charge in [0.15, 0.2) is 5.96 Å². The molecule has 3 rings (SSSR count). The Hall–Kier alpha value is -0.970. The Morgan fingerprint density at radius 3 is 2.74 bits per heavy atom. The van der Waals surface area contributed by atoms with Crippen LogP contribution in [0.2, 0.25) is 5.02 Å². The van der Waals surface area contributed by atoms with Crippen molar-refractivity contribution in [3.8, 4) is 5.75 Å². The number of nitrogens with one attached hydrogen (secondary N) is 2. The molecule has 176 valence electrons. The Kier molecular flexibility index (Phi) is 10.4. The molecule has 2 N–H and O–H groups in total. The first kappa shape index (κ1) is 26.3. The maximum Gasteiger partial charge on any atom is 0.191 e. The van der Waals surface area contributed by atoms with E-state index in [1.807, 2.05) is 18.2 Å². The van der Waals surface area contributed by atoms with E-state index < -0.39 is 0 Å². The molecule has 0 bridgehead atoms. The summed E-state index contributed by atoms with van der Waals surface area (Å²) in [7, 11) is 5.99. The zero-order chi connectivity index (χ0) is 21.6. The maximum atomic E-state index is 6.23. The van der Waals surface area contributed by atoms with Gasteiger partial charge in [-0.2, -0.15) is 0 Å². The average Bonchev–Trinajstić information content (AvgIpc) is 3.21. The van der Waals surface area contributed by atoms with E-state index in [1.165, 1.54) is 0 Å². The molecule has 2 saturated heterocycles. The Bertz CT molecular complexity index is 728. The fraction of sp³-hybridized carbons (Fsp3) is 0.682. The molecule has 0 amide bonds. The van der Waals surface area contributed by atoms with Crippen molar-refractivity contribution in [2.75, 3.05) is 65.5 Å². The van der Waals surface area contributed by atoms with E-state index in [2.05, 4.69) is 41.5 Å². The first-order chi connectivity index (χ1) is 14.5. The zero-order valence-corrected chi connectivity index (χ0v) is 22.2. The fourth-order valence-corrected chi connectivity index (χ4v) is 4.41. The Labute approximate surface area is 208 Å². The van der Waals surface area contributed by atoms with Crippen LogP contribution in [0.5, 0.6) is 5.75 Å². The summed E-state index contributed by atoms with van der Waals surface area (Å²) in [4.78, 5) is 9.61. The Morgan fingerprint density at radius 2 is 2.10 bits per heavy atom. The number of aliphatic imine (C=N–C) groups is 1. The summed E-state index contributed by atoms with van der Waals surface area (Å²) in [6, 6.07) is 6.09. The summed E-state index contributed by atoms with van der Waals surface area (Å²) < 4.78 is 11.1.